The quantitative estimate of drug-likeness (QED) is 0.858. The molecule has 112 valence electrons. The monoisotopic (exact) mass is 289 g/mol. The summed E-state index contributed by atoms with van der Waals surface area (Å²) in [4.78, 5) is 8.52. The highest BCUT2D eigenvalue weighted by Gasteiger charge is 2.35. The molecule has 0 amide bonds. The topological polar surface area (TPSA) is 85.1 Å². The van der Waals surface area contributed by atoms with E-state index in [2.05, 4.69) is 20.4 Å². The molecule has 2 aromatic heterocycles. The van der Waals surface area contributed by atoms with E-state index in [0.29, 0.717) is 17.7 Å². The maximum absolute atomic E-state index is 9.57. The summed E-state index contributed by atoms with van der Waals surface area (Å²) in [5.41, 5.74) is 1.07. The van der Waals surface area contributed by atoms with Crippen molar-refractivity contribution in [3.8, 4) is 5.88 Å². The second-order valence-electron chi connectivity index (χ2n) is 5.38. The summed E-state index contributed by atoms with van der Waals surface area (Å²) < 4.78 is 6.89. The normalized spacial score (nSPS) is 22.4. The van der Waals surface area contributed by atoms with Gasteiger partial charge in [0.1, 0.15) is 0 Å². The third kappa shape index (κ3) is 2.97. The second kappa shape index (κ2) is 5.69. The molecule has 0 saturated heterocycles. The van der Waals surface area contributed by atoms with Crippen LogP contribution in [0, 0.1) is 5.92 Å². The number of aliphatic hydroxyl groups excluding tert-OH is 1. The minimum absolute atomic E-state index is 0.0363. The molecule has 1 saturated carbocycles. The van der Waals surface area contributed by atoms with Gasteiger partial charge >= 0.3 is 0 Å². The van der Waals surface area contributed by atoms with Gasteiger partial charge in [-0.1, -0.05) is 0 Å². The minimum atomic E-state index is -0.206. The summed E-state index contributed by atoms with van der Waals surface area (Å²) in [5.74, 6) is 1.38. The number of methoxy groups -OCH3 is 1. The van der Waals surface area contributed by atoms with Crippen LogP contribution in [0.1, 0.15) is 24.4 Å². The summed E-state index contributed by atoms with van der Waals surface area (Å²) >= 11 is 0. The van der Waals surface area contributed by atoms with Crippen LogP contribution in [0.25, 0.3) is 0 Å². The number of hydrogen-bond acceptors (Lipinski definition) is 6. The average Bonchev–Trinajstić information content (AvgIpc) is 2.88. The molecule has 1 fully saturated rings. The van der Waals surface area contributed by atoms with Crippen LogP contribution in [-0.2, 0) is 7.05 Å². The van der Waals surface area contributed by atoms with E-state index in [-0.39, 0.29) is 12.1 Å². The van der Waals surface area contributed by atoms with Gasteiger partial charge in [0, 0.05) is 31.1 Å². The molecule has 0 aromatic carbocycles. The van der Waals surface area contributed by atoms with E-state index in [4.69, 9.17) is 4.74 Å². The minimum Gasteiger partial charge on any atom is -0.481 e. The molecular weight excluding hydrogens is 270 g/mol. The Morgan fingerprint density at radius 3 is 2.90 bits per heavy atom. The van der Waals surface area contributed by atoms with Crippen LogP contribution in [-0.4, -0.2) is 38.1 Å². The van der Waals surface area contributed by atoms with Crippen molar-refractivity contribution >= 4 is 5.95 Å². The van der Waals surface area contributed by atoms with Crippen molar-refractivity contribution in [2.45, 2.75) is 25.0 Å². The van der Waals surface area contributed by atoms with Crippen molar-refractivity contribution in [1.29, 1.82) is 0 Å². The lowest BCUT2D eigenvalue weighted by Crippen LogP contribution is -2.36. The zero-order valence-corrected chi connectivity index (χ0v) is 12.1. The Hall–Kier alpha value is -2.15. The van der Waals surface area contributed by atoms with Crippen molar-refractivity contribution in [1.82, 2.24) is 19.7 Å². The first-order chi connectivity index (χ1) is 10.2. The molecule has 0 aliphatic heterocycles. The van der Waals surface area contributed by atoms with Gasteiger partial charge < -0.3 is 15.2 Å². The molecule has 0 radical (unpaired) electrons. The first-order valence-corrected chi connectivity index (χ1v) is 6.96. The third-order valence-corrected chi connectivity index (χ3v) is 3.83. The Labute approximate surface area is 123 Å². The number of anilines is 1. The highest BCUT2D eigenvalue weighted by Crippen LogP contribution is 2.39. The lowest BCUT2D eigenvalue weighted by molar-refractivity contribution is 0.0338. The molecule has 2 N–H and O–H groups in total. The molecule has 2 heterocycles. The zero-order valence-electron chi connectivity index (χ0n) is 12.1. The summed E-state index contributed by atoms with van der Waals surface area (Å²) in [6.45, 7) is 0. The second-order valence-corrected chi connectivity index (χ2v) is 5.38. The molecule has 0 bridgehead atoms. The average molecular weight is 289 g/mol. The summed E-state index contributed by atoms with van der Waals surface area (Å²) in [7, 11) is 3.46. The van der Waals surface area contributed by atoms with E-state index in [1.807, 2.05) is 19.4 Å². The van der Waals surface area contributed by atoms with Crippen LogP contribution in [0.5, 0.6) is 5.88 Å². The Bertz CT molecular complexity index is 609. The number of aryl methyl sites for hydroxylation is 1. The molecule has 1 aliphatic carbocycles. The lowest BCUT2D eigenvalue weighted by Gasteiger charge is -2.37. The van der Waals surface area contributed by atoms with E-state index in [1.165, 1.54) is 0 Å². The number of rotatable bonds is 5. The molecule has 1 atom stereocenters. The predicted molar refractivity (Wildman–Crippen MR) is 76.9 cm³/mol. The SMILES string of the molecule is COc1ccnc(NC(c2cnn(C)c2)C2CC(O)C2)n1. The number of nitrogens with one attached hydrogen (secondary N) is 1. The molecule has 7 nitrogen and oxygen atoms in total. The van der Waals surface area contributed by atoms with Gasteiger partial charge in [-0.2, -0.15) is 10.1 Å². The molecule has 0 spiro atoms. The van der Waals surface area contributed by atoms with Gasteiger partial charge in [0.25, 0.3) is 0 Å². The van der Waals surface area contributed by atoms with E-state index < -0.39 is 0 Å². The van der Waals surface area contributed by atoms with Gasteiger partial charge in [-0.25, -0.2) is 4.98 Å². The molecule has 2 aromatic rings. The summed E-state index contributed by atoms with van der Waals surface area (Å²) in [6.07, 6.45) is 6.81. The maximum Gasteiger partial charge on any atom is 0.226 e. The Balaban J connectivity index is 1.81. The molecule has 7 heteroatoms. The number of aliphatic hydroxyl groups is 1. The standard InChI is InChI=1S/C14H19N5O2/c1-19-8-10(7-16-19)13(9-5-11(20)6-9)18-14-15-4-3-12(17-14)21-2/h3-4,7-9,11,13,20H,5-6H2,1-2H3,(H,15,17,18). The fourth-order valence-corrected chi connectivity index (χ4v) is 2.64. The van der Waals surface area contributed by atoms with Crippen LogP contribution >= 0.6 is 0 Å². The highest BCUT2D eigenvalue weighted by atomic mass is 16.5. The largest absolute Gasteiger partial charge is 0.481 e. The van der Waals surface area contributed by atoms with Crippen LogP contribution < -0.4 is 10.1 Å². The van der Waals surface area contributed by atoms with Gasteiger partial charge in [-0.05, 0) is 18.8 Å². The van der Waals surface area contributed by atoms with Gasteiger partial charge in [0.05, 0.1) is 25.5 Å². The van der Waals surface area contributed by atoms with Crippen molar-refractivity contribution in [2.75, 3.05) is 12.4 Å². The molecule has 1 unspecified atom stereocenters. The highest BCUT2D eigenvalue weighted by molar-refractivity contribution is 5.33. The first kappa shape index (κ1) is 13.8. The molecule has 1 aliphatic rings. The zero-order chi connectivity index (χ0) is 14.8. The maximum atomic E-state index is 9.57. The molecule has 21 heavy (non-hydrogen) atoms. The lowest BCUT2D eigenvalue weighted by atomic mass is 9.75. The summed E-state index contributed by atoms with van der Waals surface area (Å²) in [5, 5.41) is 17.1. The van der Waals surface area contributed by atoms with E-state index >= 15 is 0 Å². The number of ether oxygens (including phenoxy) is 1. The van der Waals surface area contributed by atoms with Gasteiger partial charge in [-0.3, -0.25) is 4.68 Å². The first-order valence-electron chi connectivity index (χ1n) is 6.96. The Morgan fingerprint density at radius 2 is 2.29 bits per heavy atom. The van der Waals surface area contributed by atoms with Crippen molar-refractivity contribution < 1.29 is 9.84 Å². The van der Waals surface area contributed by atoms with E-state index in [1.54, 1.807) is 24.1 Å². The smallest absolute Gasteiger partial charge is 0.226 e. The number of aromatic nitrogens is 4. The van der Waals surface area contributed by atoms with E-state index in [0.717, 1.165) is 18.4 Å². The number of hydrogen-bond donors (Lipinski definition) is 2. The Kier molecular flexibility index (Phi) is 3.74. The van der Waals surface area contributed by atoms with Crippen LogP contribution in [0.4, 0.5) is 5.95 Å². The molecule has 3 rings (SSSR count). The van der Waals surface area contributed by atoms with Gasteiger partial charge in [-0.15, -0.1) is 0 Å². The van der Waals surface area contributed by atoms with E-state index in [9.17, 15) is 5.11 Å². The third-order valence-electron chi connectivity index (χ3n) is 3.83. The van der Waals surface area contributed by atoms with Crippen LogP contribution in [0.3, 0.4) is 0 Å². The molecular formula is C14H19N5O2. The van der Waals surface area contributed by atoms with Crippen molar-refractivity contribution in [2.24, 2.45) is 13.0 Å². The van der Waals surface area contributed by atoms with Crippen molar-refractivity contribution in [3.05, 3.63) is 30.2 Å². The van der Waals surface area contributed by atoms with Crippen LogP contribution in [0.2, 0.25) is 0 Å². The Morgan fingerprint density at radius 1 is 1.48 bits per heavy atom. The predicted octanol–water partition coefficient (Wildman–Crippen LogP) is 1.14. The van der Waals surface area contributed by atoms with Crippen molar-refractivity contribution in [3.63, 3.8) is 0 Å². The fraction of sp³-hybridized carbons (Fsp3) is 0.500. The van der Waals surface area contributed by atoms with Gasteiger partial charge in [0.2, 0.25) is 11.8 Å². The van der Waals surface area contributed by atoms with Gasteiger partial charge in [0.15, 0.2) is 0 Å². The number of nitrogens with zero attached hydrogens (tertiary/aromatic N) is 4. The summed E-state index contributed by atoms with van der Waals surface area (Å²) in [6, 6.07) is 1.74. The fourth-order valence-electron chi connectivity index (χ4n) is 2.64. The van der Waals surface area contributed by atoms with Crippen LogP contribution in [0.15, 0.2) is 24.7 Å².